The Hall–Kier alpha value is -2.96. The molecular formula is C16H17N5O2. The summed E-state index contributed by atoms with van der Waals surface area (Å²) < 4.78 is 7.09. The maximum atomic E-state index is 12.0. The summed E-state index contributed by atoms with van der Waals surface area (Å²) in [6.45, 7) is 4.41. The summed E-state index contributed by atoms with van der Waals surface area (Å²) in [5, 5.41) is 6.67. The topological polar surface area (TPSA) is 85.8 Å². The molecule has 7 heteroatoms. The first-order valence-corrected chi connectivity index (χ1v) is 7.26. The number of amides is 1. The van der Waals surface area contributed by atoms with Gasteiger partial charge >= 0.3 is 0 Å². The summed E-state index contributed by atoms with van der Waals surface area (Å²) in [5.74, 6) is 0.714. The van der Waals surface area contributed by atoms with Gasteiger partial charge in [-0.25, -0.2) is 0 Å². The molecular weight excluding hydrogens is 294 g/mol. The molecule has 0 saturated heterocycles. The van der Waals surface area contributed by atoms with Crippen LogP contribution in [0.5, 0.6) is 0 Å². The fraction of sp³-hybridized carbons (Fsp3) is 0.250. The van der Waals surface area contributed by atoms with Crippen LogP contribution in [0.25, 0.3) is 11.4 Å². The van der Waals surface area contributed by atoms with Crippen LogP contribution in [-0.4, -0.2) is 25.6 Å². The van der Waals surface area contributed by atoms with Gasteiger partial charge in [0.25, 0.3) is 0 Å². The number of rotatable bonds is 5. The van der Waals surface area contributed by atoms with Gasteiger partial charge in [-0.2, -0.15) is 4.98 Å². The van der Waals surface area contributed by atoms with E-state index in [0.717, 1.165) is 17.0 Å². The fourth-order valence-electron chi connectivity index (χ4n) is 2.26. The van der Waals surface area contributed by atoms with E-state index < -0.39 is 0 Å². The van der Waals surface area contributed by atoms with Crippen LogP contribution >= 0.6 is 0 Å². The third-order valence-corrected chi connectivity index (χ3v) is 3.54. The monoisotopic (exact) mass is 311 g/mol. The minimum atomic E-state index is -0.103. The van der Waals surface area contributed by atoms with Crippen LogP contribution in [0.4, 0.5) is 0 Å². The Bertz CT molecular complexity index is 788. The van der Waals surface area contributed by atoms with E-state index in [1.807, 2.05) is 36.6 Å². The van der Waals surface area contributed by atoms with Crippen LogP contribution in [0.1, 0.15) is 17.3 Å². The smallest absolute Gasteiger partial charge is 0.246 e. The van der Waals surface area contributed by atoms with Crippen LogP contribution in [0.15, 0.2) is 41.2 Å². The fourth-order valence-corrected chi connectivity index (χ4v) is 2.26. The molecule has 1 amide bonds. The van der Waals surface area contributed by atoms with Gasteiger partial charge in [0.2, 0.25) is 17.6 Å². The van der Waals surface area contributed by atoms with E-state index in [-0.39, 0.29) is 19.0 Å². The first kappa shape index (κ1) is 15.0. The van der Waals surface area contributed by atoms with E-state index >= 15 is 0 Å². The van der Waals surface area contributed by atoms with Crippen LogP contribution in [-0.2, 0) is 17.9 Å². The largest absolute Gasteiger partial charge is 0.345 e. The number of hydrogen-bond donors (Lipinski definition) is 1. The molecule has 0 spiro atoms. The second kappa shape index (κ2) is 6.43. The number of hydrogen-bond acceptors (Lipinski definition) is 5. The molecule has 0 fully saturated rings. The van der Waals surface area contributed by atoms with Crippen molar-refractivity contribution in [2.24, 2.45) is 0 Å². The zero-order chi connectivity index (χ0) is 16.2. The van der Waals surface area contributed by atoms with Gasteiger partial charge in [0.05, 0.1) is 6.54 Å². The second-order valence-corrected chi connectivity index (χ2v) is 5.23. The van der Waals surface area contributed by atoms with Gasteiger partial charge in [-0.1, -0.05) is 5.16 Å². The van der Waals surface area contributed by atoms with Gasteiger partial charge in [0.1, 0.15) is 6.54 Å². The van der Waals surface area contributed by atoms with Crippen molar-refractivity contribution in [2.45, 2.75) is 26.9 Å². The lowest BCUT2D eigenvalue weighted by Crippen LogP contribution is -2.27. The van der Waals surface area contributed by atoms with E-state index in [2.05, 4.69) is 20.4 Å². The molecule has 3 rings (SSSR count). The third kappa shape index (κ3) is 3.45. The van der Waals surface area contributed by atoms with Crippen molar-refractivity contribution < 1.29 is 9.32 Å². The average Bonchev–Trinajstić information content (AvgIpc) is 3.16. The highest BCUT2D eigenvalue weighted by Gasteiger charge is 2.11. The van der Waals surface area contributed by atoms with E-state index in [1.54, 1.807) is 18.5 Å². The number of aryl methyl sites for hydroxylation is 2. The molecule has 3 aromatic rings. The lowest BCUT2D eigenvalue weighted by atomic mass is 10.3. The highest BCUT2D eigenvalue weighted by molar-refractivity contribution is 5.75. The molecule has 0 atom stereocenters. The van der Waals surface area contributed by atoms with Crippen LogP contribution in [0.2, 0.25) is 0 Å². The quantitative estimate of drug-likeness (QED) is 0.777. The van der Waals surface area contributed by atoms with Gasteiger partial charge in [0.15, 0.2) is 0 Å². The summed E-state index contributed by atoms with van der Waals surface area (Å²) >= 11 is 0. The zero-order valence-electron chi connectivity index (χ0n) is 13.0. The standard InChI is InChI=1S/C16H17N5O2/c1-11-5-6-12(2)21(11)10-14(22)18-9-15-19-16(20-23-15)13-4-3-7-17-8-13/h3-8H,9-10H2,1-2H3,(H,18,22). The Kier molecular flexibility index (Phi) is 4.18. The molecule has 7 nitrogen and oxygen atoms in total. The normalized spacial score (nSPS) is 10.7. The summed E-state index contributed by atoms with van der Waals surface area (Å²) in [6.07, 6.45) is 3.33. The number of nitrogens with zero attached hydrogens (tertiary/aromatic N) is 4. The van der Waals surface area contributed by atoms with Gasteiger partial charge < -0.3 is 14.4 Å². The number of nitrogens with one attached hydrogen (secondary N) is 1. The summed E-state index contributed by atoms with van der Waals surface area (Å²) in [7, 11) is 0. The Morgan fingerprint density at radius 3 is 2.74 bits per heavy atom. The van der Waals surface area contributed by atoms with Crippen LogP contribution < -0.4 is 5.32 Å². The summed E-state index contributed by atoms with van der Waals surface area (Å²) in [6, 6.07) is 7.62. The number of carbonyl (C=O) groups is 1. The number of pyridine rings is 1. The van der Waals surface area contributed by atoms with Crippen LogP contribution in [0, 0.1) is 13.8 Å². The molecule has 1 N–H and O–H groups in total. The molecule has 0 unspecified atom stereocenters. The molecule has 0 saturated carbocycles. The molecule has 0 aromatic carbocycles. The van der Waals surface area contributed by atoms with Crippen molar-refractivity contribution in [1.82, 2.24) is 25.0 Å². The number of carbonyl (C=O) groups excluding carboxylic acids is 1. The summed E-state index contributed by atoms with van der Waals surface area (Å²) in [5.41, 5.74) is 2.87. The van der Waals surface area contributed by atoms with Gasteiger partial charge in [0, 0.05) is 29.3 Å². The molecule has 0 aliphatic heterocycles. The molecule has 118 valence electrons. The predicted octanol–water partition coefficient (Wildman–Crippen LogP) is 1.87. The molecule has 23 heavy (non-hydrogen) atoms. The third-order valence-electron chi connectivity index (χ3n) is 3.54. The van der Waals surface area contributed by atoms with Crippen LogP contribution in [0.3, 0.4) is 0 Å². The van der Waals surface area contributed by atoms with Crippen molar-refractivity contribution >= 4 is 5.91 Å². The first-order valence-electron chi connectivity index (χ1n) is 7.26. The highest BCUT2D eigenvalue weighted by atomic mass is 16.5. The minimum Gasteiger partial charge on any atom is -0.345 e. The SMILES string of the molecule is Cc1ccc(C)n1CC(=O)NCc1nc(-c2cccnc2)no1. The molecule has 0 aliphatic carbocycles. The lowest BCUT2D eigenvalue weighted by molar-refractivity contribution is -0.122. The van der Waals surface area contributed by atoms with Gasteiger partial charge in [-0.15, -0.1) is 0 Å². The number of aromatic nitrogens is 4. The van der Waals surface area contributed by atoms with Gasteiger partial charge in [-0.05, 0) is 38.1 Å². The minimum absolute atomic E-state index is 0.103. The van der Waals surface area contributed by atoms with Crippen molar-refractivity contribution in [3.05, 3.63) is 53.9 Å². The Morgan fingerprint density at radius 1 is 1.26 bits per heavy atom. The van der Waals surface area contributed by atoms with Crippen molar-refractivity contribution in [3.8, 4) is 11.4 Å². The van der Waals surface area contributed by atoms with E-state index in [1.165, 1.54) is 0 Å². The highest BCUT2D eigenvalue weighted by Crippen LogP contribution is 2.13. The molecule has 0 aliphatic rings. The molecule has 0 bridgehead atoms. The predicted molar refractivity (Wildman–Crippen MR) is 83.3 cm³/mol. The van der Waals surface area contributed by atoms with Crippen molar-refractivity contribution in [2.75, 3.05) is 0 Å². The van der Waals surface area contributed by atoms with Gasteiger partial charge in [-0.3, -0.25) is 9.78 Å². The molecule has 3 heterocycles. The van der Waals surface area contributed by atoms with Crippen molar-refractivity contribution in [3.63, 3.8) is 0 Å². The van der Waals surface area contributed by atoms with E-state index in [9.17, 15) is 4.79 Å². The Labute approximate surface area is 133 Å². The zero-order valence-corrected chi connectivity index (χ0v) is 13.0. The Morgan fingerprint density at radius 2 is 2.04 bits per heavy atom. The molecule has 3 aromatic heterocycles. The second-order valence-electron chi connectivity index (χ2n) is 5.23. The summed E-state index contributed by atoms with van der Waals surface area (Å²) in [4.78, 5) is 20.3. The lowest BCUT2D eigenvalue weighted by Gasteiger charge is -2.08. The first-order chi connectivity index (χ1) is 11.1. The average molecular weight is 311 g/mol. The maximum absolute atomic E-state index is 12.0. The van der Waals surface area contributed by atoms with E-state index in [0.29, 0.717) is 11.7 Å². The Balaban J connectivity index is 1.59. The molecule has 0 radical (unpaired) electrons. The van der Waals surface area contributed by atoms with Crippen molar-refractivity contribution in [1.29, 1.82) is 0 Å². The maximum Gasteiger partial charge on any atom is 0.246 e. The van der Waals surface area contributed by atoms with E-state index in [4.69, 9.17) is 4.52 Å².